The SMILES string of the molecule is CCCNC(C)c1c(CC)nn(C2CCCCC2)c1CC. The van der Waals surface area contributed by atoms with Gasteiger partial charge in [-0.3, -0.25) is 4.68 Å². The lowest BCUT2D eigenvalue weighted by atomic mass is 9.95. The third-order valence-electron chi connectivity index (χ3n) is 4.85. The average molecular weight is 291 g/mol. The van der Waals surface area contributed by atoms with E-state index in [1.165, 1.54) is 55.5 Å². The quantitative estimate of drug-likeness (QED) is 0.797. The third-order valence-corrected chi connectivity index (χ3v) is 4.85. The van der Waals surface area contributed by atoms with Gasteiger partial charge in [-0.25, -0.2) is 0 Å². The summed E-state index contributed by atoms with van der Waals surface area (Å²) in [6.07, 6.45) is 10.1. The first-order chi connectivity index (χ1) is 10.2. The van der Waals surface area contributed by atoms with Gasteiger partial charge in [-0.15, -0.1) is 0 Å². The lowest BCUT2D eigenvalue weighted by molar-refractivity contribution is 0.321. The van der Waals surface area contributed by atoms with Crippen LogP contribution in [0.5, 0.6) is 0 Å². The Bertz CT molecular complexity index is 430. The molecule has 0 bridgehead atoms. The van der Waals surface area contributed by atoms with E-state index >= 15 is 0 Å². The highest BCUT2D eigenvalue weighted by Crippen LogP contribution is 2.32. The fourth-order valence-electron chi connectivity index (χ4n) is 3.74. The molecular weight excluding hydrogens is 258 g/mol. The molecule has 1 saturated carbocycles. The van der Waals surface area contributed by atoms with E-state index in [4.69, 9.17) is 5.10 Å². The van der Waals surface area contributed by atoms with Crippen molar-refractivity contribution in [2.45, 2.75) is 91.1 Å². The van der Waals surface area contributed by atoms with Crippen molar-refractivity contribution in [3.8, 4) is 0 Å². The van der Waals surface area contributed by atoms with Crippen LogP contribution in [-0.2, 0) is 12.8 Å². The van der Waals surface area contributed by atoms with Gasteiger partial charge >= 0.3 is 0 Å². The molecule has 3 nitrogen and oxygen atoms in total. The fraction of sp³-hybridized carbons (Fsp3) is 0.833. The van der Waals surface area contributed by atoms with E-state index in [2.05, 4.69) is 37.7 Å². The summed E-state index contributed by atoms with van der Waals surface area (Å²) in [6, 6.07) is 1.07. The van der Waals surface area contributed by atoms with Gasteiger partial charge in [0.05, 0.1) is 11.7 Å². The Hall–Kier alpha value is -0.830. The van der Waals surface area contributed by atoms with Crippen LogP contribution in [0, 0.1) is 0 Å². The lowest BCUT2D eigenvalue weighted by Gasteiger charge is -2.24. The maximum Gasteiger partial charge on any atom is 0.0672 e. The Labute approximate surface area is 130 Å². The van der Waals surface area contributed by atoms with E-state index in [0.29, 0.717) is 12.1 Å². The molecule has 21 heavy (non-hydrogen) atoms. The first-order valence-electron chi connectivity index (χ1n) is 9.06. The van der Waals surface area contributed by atoms with Crippen LogP contribution >= 0.6 is 0 Å². The van der Waals surface area contributed by atoms with Crippen molar-refractivity contribution in [1.82, 2.24) is 15.1 Å². The summed E-state index contributed by atoms with van der Waals surface area (Å²) in [6.45, 7) is 10.1. The minimum atomic E-state index is 0.423. The van der Waals surface area contributed by atoms with Gasteiger partial charge in [0.2, 0.25) is 0 Å². The normalized spacial score (nSPS) is 18.1. The first-order valence-corrected chi connectivity index (χ1v) is 9.06. The molecule has 120 valence electrons. The predicted molar refractivity (Wildman–Crippen MR) is 89.8 cm³/mol. The van der Waals surface area contributed by atoms with Gasteiger partial charge in [-0.2, -0.15) is 5.10 Å². The summed E-state index contributed by atoms with van der Waals surface area (Å²) < 4.78 is 2.40. The van der Waals surface area contributed by atoms with E-state index in [9.17, 15) is 0 Å². The zero-order valence-corrected chi connectivity index (χ0v) is 14.4. The van der Waals surface area contributed by atoms with Gasteiger partial charge in [0, 0.05) is 17.3 Å². The topological polar surface area (TPSA) is 29.9 Å². The van der Waals surface area contributed by atoms with Crippen molar-refractivity contribution in [2.75, 3.05) is 6.54 Å². The molecule has 0 aromatic carbocycles. The third kappa shape index (κ3) is 3.68. The van der Waals surface area contributed by atoms with Crippen molar-refractivity contribution in [2.24, 2.45) is 0 Å². The van der Waals surface area contributed by atoms with E-state index in [1.54, 1.807) is 0 Å². The van der Waals surface area contributed by atoms with Gasteiger partial charge in [-0.1, -0.05) is 40.0 Å². The second-order valence-corrected chi connectivity index (χ2v) is 6.43. The van der Waals surface area contributed by atoms with E-state index in [1.807, 2.05) is 0 Å². The lowest BCUT2D eigenvalue weighted by Crippen LogP contribution is -2.22. The van der Waals surface area contributed by atoms with Crippen LogP contribution in [0.15, 0.2) is 0 Å². The van der Waals surface area contributed by atoms with Crippen LogP contribution in [-0.4, -0.2) is 16.3 Å². The van der Waals surface area contributed by atoms with Crippen molar-refractivity contribution in [1.29, 1.82) is 0 Å². The molecule has 2 rings (SSSR count). The molecular formula is C18H33N3. The highest BCUT2D eigenvalue weighted by atomic mass is 15.3. The van der Waals surface area contributed by atoms with Gasteiger partial charge < -0.3 is 5.32 Å². The largest absolute Gasteiger partial charge is 0.310 e. The van der Waals surface area contributed by atoms with Crippen molar-refractivity contribution in [3.05, 3.63) is 17.0 Å². The van der Waals surface area contributed by atoms with Crippen LogP contribution < -0.4 is 5.32 Å². The highest BCUT2D eigenvalue weighted by molar-refractivity contribution is 5.30. The monoisotopic (exact) mass is 291 g/mol. The molecule has 0 saturated heterocycles. The zero-order valence-electron chi connectivity index (χ0n) is 14.4. The summed E-state index contributed by atoms with van der Waals surface area (Å²) in [5.74, 6) is 0. The Morgan fingerprint density at radius 3 is 2.43 bits per heavy atom. The van der Waals surface area contributed by atoms with Gasteiger partial charge in [0.15, 0.2) is 0 Å². The summed E-state index contributed by atoms with van der Waals surface area (Å²) in [5, 5.41) is 8.69. The molecule has 1 aromatic rings. The van der Waals surface area contributed by atoms with Gasteiger partial charge in [0.25, 0.3) is 0 Å². The van der Waals surface area contributed by atoms with Crippen molar-refractivity contribution >= 4 is 0 Å². The second kappa shape index (κ2) is 7.98. The molecule has 1 heterocycles. The van der Waals surface area contributed by atoms with Crippen molar-refractivity contribution in [3.63, 3.8) is 0 Å². The number of hydrogen-bond acceptors (Lipinski definition) is 2. The van der Waals surface area contributed by atoms with Crippen molar-refractivity contribution < 1.29 is 0 Å². The predicted octanol–water partition coefficient (Wildman–Crippen LogP) is 4.57. The van der Waals surface area contributed by atoms with Crippen LogP contribution in [0.2, 0.25) is 0 Å². The molecule has 1 unspecified atom stereocenters. The first kappa shape index (κ1) is 16.5. The molecule has 3 heteroatoms. The summed E-state index contributed by atoms with van der Waals surface area (Å²) in [7, 11) is 0. The fourth-order valence-corrected chi connectivity index (χ4v) is 3.74. The zero-order chi connectivity index (χ0) is 15.2. The molecule has 1 aromatic heterocycles. The Morgan fingerprint density at radius 2 is 1.86 bits per heavy atom. The minimum Gasteiger partial charge on any atom is -0.310 e. The average Bonchev–Trinajstić information content (AvgIpc) is 2.92. The summed E-state index contributed by atoms with van der Waals surface area (Å²) in [5.41, 5.74) is 4.28. The molecule has 1 aliphatic carbocycles. The van der Waals surface area contributed by atoms with Crippen LogP contribution in [0.1, 0.15) is 95.3 Å². The minimum absolute atomic E-state index is 0.423. The Kier molecular flexibility index (Phi) is 6.28. The molecule has 1 atom stereocenters. The smallest absolute Gasteiger partial charge is 0.0672 e. The number of nitrogens with zero attached hydrogens (tertiary/aromatic N) is 2. The number of nitrogens with one attached hydrogen (secondary N) is 1. The van der Waals surface area contributed by atoms with Gasteiger partial charge in [-0.05, 0) is 45.6 Å². The summed E-state index contributed by atoms with van der Waals surface area (Å²) >= 11 is 0. The number of aryl methyl sites for hydroxylation is 1. The van der Waals surface area contributed by atoms with Crippen LogP contribution in [0.25, 0.3) is 0 Å². The standard InChI is InChI=1S/C18H33N3/c1-5-13-19-14(4)18-16(6-2)20-21(17(18)7-3)15-11-9-8-10-12-15/h14-15,19H,5-13H2,1-4H3. The van der Waals surface area contributed by atoms with Crippen LogP contribution in [0.4, 0.5) is 0 Å². The second-order valence-electron chi connectivity index (χ2n) is 6.43. The maximum atomic E-state index is 5.03. The molecule has 0 aliphatic heterocycles. The molecule has 0 amide bonds. The van der Waals surface area contributed by atoms with Gasteiger partial charge in [0.1, 0.15) is 0 Å². The number of rotatable bonds is 7. The van der Waals surface area contributed by atoms with E-state index in [0.717, 1.165) is 19.4 Å². The molecule has 1 aliphatic rings. The molecule has 1 N–H and O–H groups in total. The Balaban J connectivity index is 2.31. The van der Waals surface area contributed by atoms with E-state index in [-0.39, 0.29) is 0 Å². The molecule has 0 radical (unpaired) electrons. The molecule has 1 fully saturated rings. The maximum absolute atomic E-state index is 5.03. The molecule has 0 spiro atoms. The summed E-state index contributed by atoms with van der Waals surface area (Å²) in [4.78, 5) is 0. The highest BCUT2D eigenvalue weighted by Gasteiger charge is 2.25. The number of aromatic nitrogens is 2. The van der Waals surface area contributed by atoms with E-state index < -0.39 is 0 Å². The number of hydrogen-bond donors (Lipinski definition) is 1. The van der Waals surface area contributed by atoms with Crippen LogP contribution in [0.3, 0.4) is 0 Å². The Morgan fingerprint density at radius 1 is 1.14 bits per heavy atom.